The van der Waals surface area contributed by atoms with Gasteiger partial charge in [0.15, 0.2) is 6.61 Å². The van der Waals surface area contributed by atoms with Gasteiger partial charge in [0.2, 0.25) is 0 Å². The highest BCUT2D eigenvalue weighted by Crippen LogP contribution is 2.27. The molecule has 2 aromatic carbocycles. The quantitative estimate of drug-likeness (QED) is 0.303. The van der Waals surface area contributed by atoms with Gasteiger partial charge in [0.05, 0.1) is 11.1 Å². The number of amides is 1. The number of rotatable bonds is 7. The molecular formula is C21H18BrN3O5. The predicted octanol–water partition coefficient (Wildman–Crippen LogP) is 4.76. The highest BCUT2D eigenvalue weighted by atomic mass is 79.9. The van der Waals surface area contributed by atoms with Crippen molar-refractivity contribution in [1.29, 1.82) is 0 Å². The average Bonchev–Trinajstić information content (AvgIpc) is 3.16. The van der Waals surface area contributed by atoms with Crippen molar-refractivity contribution in [2.24, 2.45) is 5.10 Å². The Labute approximate surface area is 180 Å². The predicted molar refractivity (Wildman–Crippen MR) is 116 cm³/mol. The number of halogens is 1. The molecule has 0 fully saturated rings. The molecule has 1 aromatic heterocycles. The minimum atomic E-state index is -0.469. The van der Waals surface area contributed by atoms with Gasteiger partial charge < -0.3 is 9.15 Å². The van der Waals surface area contributed by atoms with E-state index in [1.807, 2.05) is 26.0 Å². The number of benzene rings is 2. The van der Waals surface area contributed by atoms with Crippen LogP contribution in [0.15, 0.2) is 62.5 Å². The van der Waals surface area contributed by atoms with Gasteiger partial charge in [-0.25, -0.2) is 5.43 Å². The monoisotopic (exact) mass is 471 g/mol. The molecule has 0 aliphatic heterocycles. The summed E-state index contributed by atoms with van der Waals surface area (Å²) in [5.74, 6) is 1.08. The first-order chi connectivity index (χ1) is 14.3. The first-order valence-electron chi connectivity index (χ1n) is 8.89. The number of nitro groups is 1. The Balaban J connectivity index is 1.57. The molecule has 0 saturated heterocycles. The topological polar surface area (TPSA) is 107 Å². The molecule has 154 valence electrons. The maximum absolute atomic E-state index is 12.0. The van der Waals surface area contributed by atoms with Crippen molar-refractivity contribution < 1.29 is 18.9 Å². The smallest absolute Gasteiger partial charge is 0.277 e. The van der Waals surface area contributed by atoms with Crippen LogP contribution < -0.4 is 10.2 Å². The number of ether oxygens (including phenoxy) is 1. The van der Waals surface area contributed by atoms with Crippen LogP contribution in [0.25, 0.3) is 11.3 Å². The zero-order valence-electron chi connectivity index (χ0n) is 16.2. The molecule has 0 spiro atoms. The van der Waals surface area contributed by atoms with Gasteiger partial charge in [-0.2, -0.15) is 5.10 Å². The molecular weight excluding hydrogens is 454 g/mol. The summed E-state index contributed by atoms with van der Waals surface area (Å²) in [7, 11) is 0. The van der Waals surface area contributed by atoms with Crippen LogP contribution in [0.5, 0.6) is 5.75 Å². The molecule has 3 rings (SSSR count). The van der Waals surface area contributed by atoms with Crippen molar-refractivity contribution >= 4 is 33.7 Å². The minimum absolute atomic E-state index is 0.0253. The van der Waals surface area contributed by atoms with Crippen LogP contribution in [-0.4, -0.2) is 23.7 Å². The summed E-state index contributed by atoms with van der Waals surface area (Å²) in [5.41, 5.74) is 4.76. The zero-order valence-corrected chi connectivity index (χ0v) is 17.8. The summed E-state index contributed by atoms with van der Waals surface area (Å²) in [6, 6.07) is 13.3. The first kappa shape index (κ1) is 21.3. The summed E-state index contributed by atoms with van der Waals surface area (Å²) < 4.78 is 12.1. The van der Waals surface area contributed by atoms with Gasteiger partial charge in [-0.1, -0.05) is 28.1 Å². The lowest BCUT2D eigenvalue weighted by Gasteiger charge is -2.11. The number of aryl methyl sites for hydroxylation is 2. The summed E-state index contributed by atoms with van der Waals surface area (Å²) in [5, 5.41) is 14.7. The largest absolute Gasteiger partial charge is 0.483 e. The van der Waals surface area contributed by atoms with Crippen molar-refractivity contribution in [2.75, 3.05) is 6.61 Å². The Morgan fingerprint density at radius 3 is 2.67 bits per heavy atom. The zero-order chi connectivity index (χ0) is 21.7. The Bertz CT molecular complexity index is 1100. The highest BCUT2D eigenvalue weighted by molar-refractivity contribution is 9.10. The number of hydrazone groups is 1. The van der Waals surface area contributed by atoms with Crippen LogP contribution in [-0.2, 0) is 4.79 Å². The number of nitrogens with zero attached hydrogens (tertiary/aromatic N) is 2. The molecule has 0 bridgehead atoms. The van der Waals surface area contributed by atoms with Crippen molar-refractivity contribution in [3.05, 3.63) is 80.0 Å². The maximum Gasteiger partial charge on any atom is 0.277 e. The van der Waals surface area contributed by atoms with Gasteiger partial charge in [-0.05, 0) is 49.2 Å². The third-order valence-electron chi connectivity index (χ3n) is 4.12. The van der Waals surface area contributed by atoms with E-state index in [0.29, 0.717) is 22.8 Å². The molecule has 1 N–H and O–H groups in total. The third-order valence-corrected chi connectivity index (χ3v) is 4.58. The molecule has 0 unspecified atom stereocenters. The lowest BCUT2D eigenvalue weighted by molar-refractivity contribution is -0.384. The van der Waals surface area contributed by atoms with Crippen molar-refractivity contribution in [1.82, 2.24) is 5.43 Å². The standard InChI is InChI=1S/C21H18BrN3O5/c1-13-8-16(22)9-14(2)21(13)29-12-20(26)24-23-11-18-6-7-19(30-18)15-4-3-5-17(10-15)25(27)28/h3-11H,12H2,1-2H3,(H,24,26)/b23-11+. The van der Waals surface area contributed by atoms with Crippen LogP contribution in [0.1, 0.15) is 16.9 Å². The molecule has 0 radical (unpaired) electrons. The molecule has 0 aliphatic carbocycles. The summed E-state index contributed by atoms with van der Waals surface area (Å²) >= 11 is 3.42. The average molecular weight is 472 g/mol. The van der Waals surface area contributed by atoms with Gasteiger partial charge in [0.1, 0.15) is 17.3 Å². The molecule has 1 amide bonds. The van der Waals surface area contributed by atoms with E-state index < -0.39 is 10.8 Å². The molecule has 0 aliphatic rings. The van der Waals surface area contributed by atoms with Crippen LogP contribution in [0.2, 0.25) is 0 Å². The SMILES string of the molecule is Cc1cc(Br)cc(C)c1OCC(=O)N/N=C/c1ccc(-c2cccc([N+](=O)[O-])c2)o1. The molecule has 8 nitrogen and oxygen atoms in total. The maximum atomic E-state index is 12.0. The number of hydrogen-bond acceptors (Lipinski definition) is 6. The number of furan rings is 1. The number of carbonyl (C=O) groups excluding carboxylic acids is 1. The molecule has 3 aromatic rings. The minimum Gasteiger partial charge on any atom is -0.483 e. The summed E-state index contributed by atoms with van der Waals surface area (Å²) in [6.07, 6.45) is 1.34. The van der Waals surface area contributed by atoms with Gasteiger partial charge in [0, 0.05) is 22.2 Å². The number of non-ortho nitro benzene ring substituents is 1. The van der Waals surface area contributed by atoms with Gasteiger partial charge in [-0.3, -0.25) is 14.9 Å². The second-order valence-corrected chi connectivity index (χ2v) is 7.38. The van der Waals surface area contributed by atoms with Crippen molar-refractivity contribution in [3.63, 3.8) is 0 Å². The fourth-order valence-electron chi connectivity index (χ4n) is 2.81. The molecule has 9 heteroatoms. The van der Waals surface area contributed by atoms with Gasteiger partial charge in [0.25, 0.3) is 11.6 Å². The van der Waals surface area contributed by atoms with Gasteiger partial charge in [-0.15, -0.1) is 0 Å². The van der Waals surface area contributed by atoms with E-state index in [1.54, 1.807) is 24.3 Å². The summed E-state index contributed by atoms with van der Waals surface area (Å²) in [4.78, 5) is 22.4. The lowest BCUT2D eigenvalue weighted by atomic mass is 10.1. The fraction of sp³-hybridized carbons (Fsp3) is 0.143. The van der Waals surface area contributed by atoms with E-state index in [0.717, 1.165) is 15.6 Å². The van der Waals surface area contributed by atoms with Crippen LogP contribution in [0, 0.1) is 24.0 Å². The fourth-order valence-corrected chi connectivity index (χ4v) is 3.50. The van der Waals surface area contributed by atoms with Crippen molar-refractivity contribution in [3.8, 4) is 17.1 Å². The number of hydrogen-bond donors (Lipinski definition) is 1. The normalized spacial score (nSPS) is 10.9. The highest BCUT2D eigenvalue weighted by Gasteiger charge is 2.10. The van der Waals surface area contributed by atoms with E-state index in [1.165, 1.54) is 18.3 Å². The molecule has 0 atom stereocenters. The first-order valence-corrected chi connectivity index (χ1v) is 9.69. The second kappa shape index (κ2) is 9.36. The Kier molecular flexibility index (Phi) is 6.63. The summed E-state index contributed by atoms with van der Waals surface area (Å²) in [6.45, 7) is 3.62. The number of nitrogens with one attached hydrogen (secondary N) is 1. The van der Waals surface area contributed by atoms with Gasteiger partial charge >= 0.3 is 0 Å². The van der Waals surface area contributed by atoms with E-state index >= 15 is 0 Å². The Hall–Kier alpha value is -3.46. The van der Waals surface area contributed by atoms with Crippen molar-refractivity contribution in [2.45, 2.75) is 13.8 Å². The van der Waals surface area contributed by atoms with E-state index in [2.05, 4.69) is 26.5 Å². The molecule has 1 heterocycles. The molecule has 30 heavy (non-hydrogen) atoms. The third kappa shape index (κ3) is 5.32. The van der Waals surface area contributed by atoms with E-state index in [4.69, 9.17) is 9.15 Å². The second-order valence-electron chi connectivity index (χ2n) is 6.46. The van der Waals surface area contributed by atoms with Crippen LogP contribution >= 0.6 is 15.9 Å². The molecule has 0 saturated carbocycles. The van der Waals surface area contributed by atoms with E-state index in [9.17, 15) is 14.9 Å². The van der Waals surface area contributed by atoms with E-state index in [-0.39, 0.29) is 12.3 Å². The number of nitro benzene ring substituents is 1. The lowest BCUT2D eigenvalue weighted by Crippen LogP contribution is -2.25. The number of carbonyl (C=O) groups is 1. The van der Waals surface area contributed by atoms with Crippen LogP contribution in [0.4, 0.5) is 5.69 Å². The van der Waals surface area contributed by atoms with Crippen LogP contribution in [0.3, 0.4) is 0 Å². The Morgan fingerprint density at radius 2 is 1.97 bits per heavy atom. The Morgan fingerprint density at radius 1 is 1.23 bits per heavy atom.